The van der Waals surface area contributed by atoms with Gasteiger partial charge in [0.1, 0.15) is 18.1 Å². The van der Waals surface area contributed by atoms with Crippen molar-refractivity contribution in [2.45, 2.75) is 69.5 Å². The molecule has 3 aromatic carbocycles. The van der Waals surface area contributed by atoms with Crippen LogP contribution in [0.3, 0.4) is 0 Å². The number of amides is 4. The lowest BCUT2D eigenvalue weighted by molar-refractivity contribution is -0.143. The highest BCUT2D eigenvalue weighted by Gasteiger charge is 2.35. The van der Waals surface area contributed by atoms with Gasteiger partial charge in [-0.3, -0.25) is 19.2 Å². The van der Waals surface area contributed by atoms with Crippen molar-refractivity contribution in [2.75, 3.05) is 13.1 Å². The summed E-state index contributed by atoms with van der Waals surface area (Å²) in [6.45, 7) is 0.923. The first-order chi connectivity index (χ1) is 21.9. The number of carbonyl (C=O) groups is 4. The van der Waals surface area contributed by atoms with Crippen LogP contribution in [0.5, 0.6) is 0 Å². The molecule has 7 N–H and O–H groups in total. The van der Waals surface area contributed by atoms with Gasteiger partial charge in [0.05, 0.1) is 6.42 Å². The van der Waals surface area contributed by atoms with Gasteiger partial charge < -0.3 is 32.0 Å². The van der Waals surface area contributed by atoms with Gasteiger partial charge in [0.25, 0.3) is 0 Å². The lowest BCUT2D eigenvalue weighted by Crippen LogP contribution is -2.58. The zero-order valence-corrected chi connectivity index (χ0v) is 25.5. The van der Waals surface area contributed by atoms with Crippen molar-refractivity contribution >= 4 is 45.3 Å². The number of aromatic amines is 1. The van der Waals surface area contributed by atoms with E-state index in [-0.39, 0.29) is 24.7 Å². The Morgan fingerprint density at radius 1 is 0.867 bits per heavy atom. The van der Waals surface area contributed by atoms with E-state index in [0.29, 0.717) is 38.8 Å². The van der Waals surface area contributed by atoms with Gasteiger partial charge in [0.2, 0.25) is 23.6 Å². The molecule has 1 saturated heterocycles. The Kier molecular flexibility index (Phi) is 10.5. The number of hydrogen-bond acceptors (Lipinski definition) is 5. The predicted molar refractivity (Wildman–Crippen MR) is 175 cm³/mol. The number of carbonyl (C=O) groups excluding carboxylic acids is 4. The molecule has 0 saturated carbocycles. The minimum absolute atomic E-state index is 0.122. The topological polar surface area (TPSA) is 163 Å². The van der Waals surface area contributed by atoms with Crippen LogP contribution in [0, 0.1) is 0 Å². The number of benzene rings is 3. The van der Waals surface area contributed by atoms with E-state index in [0.717, 1.165) is 45.6 Å². The first-order valence-electron chi connectivity index (χ1n) is 15.8. The molecule has 4 amide bonds. The van der Waals surface area contributed by atoms with Gasteiger partial charge in [-0.2, -0.15) is 0 Å². The zero-order valence-electron chi connectivity index (χ0n) is 25.5. The molecule has 0 bridgehead atoms. The number of H-pyrrole nitrogens is 1. The van der Waals surface area contributed by atoms with Gasteiger partial charge in [-0.25, -0.2) is 0 Å². The SMILES string of the molecule is NCCCC[C@H](NC(=O)[C@@H]1CCCCN1C(=O)Cc1cccc2ccccc12)C(=O)N[C@@H](Cc1c[nH]c2ccccc12)C(N)=O. The fourth-order valence-electron chi connectivity index (χ4n) is 6.26. The summed E-state index contributed by atoms with van der Waals surface area (Å²) < 4.78 is 0. The summed E-state index contributed by atoms with van der Waals surface area (Å²) >= 11 is 0. The third-order valence-corrected chi connectivity index (χ3v) is 8.69. The monoisotopic (exact) mass is 610 g/mol. The Morgan fingerprint density at radius 2 is 1.62 bits per heavy atom. The third-order valence-electron chi connectivity index (χ3n) is 8.69. The first kappa shape index (κ1) is 31.7. The molecule has 3 atom stereocenters. The molecule has 5 rings (SSSR count). The average Bonchev–Trinajstić information content (AvgIpc) is 3.46. The number of aromatic nitrogens is 1. The molecule has 10 nitrogen and oxygen atoms in total. The lowest BCUT2D eigenvalue weighted by atomic mass is 9.97. The van der Waals surface area contributed by atoms with E-state index < -0.39 is 29.9 Å². The smallest absolute Gasteiger partial charge is 0.243 e. The van der Waals surface area contributed by atoms with E-state index >= 15 is 0 Å². The number of primary amides is 1. The van der Waals surface area contributed by atoms with Crippen LogP contribution in [0.1, 0.15) is 49.7 Å². The molecule has 2 heterocycles. The average molecular weight is 611 g/mol. The number of hydrogen-bond donors (Lipinski definition) is 5. The molecule has 1 fully saturated rings. The molecule has 0 spiro atoms. The van der Waals surface area contributed by atoms with Crippen LogP contribution in [0.15, 0.2) is 72.9 Å². The van der Waals surface area contributed by atoms with Crippen molar-refractivity contribution in [1.82, 2.24) is 20.5 Å². The molecule has 1 aromatic heterocycles. The third kappa shape index (κ3) is 7.69. The number of nitrogens with two attached hydrogens (primary N) is 2. The summed E-state index contributed by atoms with van der Waals surface area (Å²) in [6.07, 6.45) is 5.92. The summed E-state index contributed by atoms with van der Waals surface area (Å²) in [5, 5.41) is 8.71. The molecule has 10 heteroatoms. The molecule has 1 aliphatic heterocycles. The number of fused-ring (bicyclic) bond motifs is 2. The molecule has 0 unspecified atom stereocenters. The fraction of sp³-hybridized carbons (Fsp3) is 0.371. The summed E-state index contributed by atoms with van der Waals surface area (Å²) in [6, 6.07) is 18.9. The summed E-state index contributed by atoms with van der Waals surface area (Å²) in [5.41, 5.74) is 14.1. The maximum atomic E-state index is 13.7. The quantitative estimate of drug-likeness (QED) is 0.147. The van der Waals surface area contributed by atoms with Gasteiger partial charge in [0, 0.05) is 30.1 Å². The molecule has 0 aliphatic carbocycles. The number of rotatable bonds is 13. The van der Waals surface area contributed by atoms with E-state index in [2.05, 4.69) is 15.6 Å². The fourth-order valence-corrected chi connectivity index (χ4v) is 6.26. The summed E-state index contributed by atoms with van der Waals surface area (Å²) in [7, 11) is 0. The van der Waals surface area contributed by atoms with Crippen molar-refractivity contribution < 1.29 is 19.2 Å². The van der Waals surface area contributed by atoms with Crippen molar-refractivity contribution in [3.63, 3.8) is 0 Å². The van der Waals surface area contributed by atoms with Crippen molar-refractivity contribution in [3.8, 4) is 0 Å². The number of piperidine rings is 1. The highest BCUT2D eigenvalue weighted by Crippen LogP contribution is 2.23. The van der Waals surface area contributed by atoms with E-state index in [1.54, 1.807) is 11.1 Å². The van der Waals surface area contributed by atoms with E-state index in [1.807, 2.05) is 66.7 Å². The summed E-state index contributed by atoms with van der Waals surface area (Å²) in [5.74, 6) is -1.66. The highest BCUT2D eigenvalue weighted by molar-refractivity contribution is 5.96. The summed E-state index contributed by atoms with van der Waals surface area (Å²) in [4.78, 5) is 58.2. The zero-order chi connectivity index (χ0) is 31.8. The number of para-hydroxylation sites is 1. The lowest BCUT2D eigenvalue weighted by Gasteiger charge is -2.36. The predicted octanol–water partition coefficient (Wildman–Crippen LogP) is 3.07. The number of nitrogens with zero attached hydrogens (tertiary/aromatic N) is 1. The van der Waals surface area contributed by atoms with Crippen molar-refractivity contribution in [3.05, 3.63) is 84.1 Å². The van der Waals surface area contributed by atoms with Crippen LogP contribution in [0.2, 0.25) is 0 Å². The van der Waals surface area contributed by atoms with Crippen LogP contribution < -0.4 is 22.1 Å². The number of likely N-dealkylation sites (tertiary alicyclic amines) is 1. The van der Waals surface area contributed by atoms with E-state index in [1.165, 1.54) is 0 Å². The van der Waals surface area contributed by atoms with Crippen LogP contribution in [0.4, 0.5) is 0 Å². The number of unbranched alkanes of at least 4 members (excludes halogenated alkanes) is 1. The van der Waals surface area contributed by atoms with E-state index in [9.17, 15) is 19.2 Å². The largest absolute Gasteiger partial charge is 0.368 e. The maximum absolute atomic E-state index is 13.7. The van der Waals surface area contributed by atoms with E-state index in [4.69, 9.17) is 11.5 Å². The Bertz CT molecular complexity index is 1660. The highest BCUT2D eigenvalue weighted by atomic mass is 16.2. The van der Waals surface area contributed by atoms with Gasteiger partial charge in [0.15, 0.2) is 0 Å². The second-order valence-corrected chi connectivity index (χ2v) is 11.8. The second-order valence-electron chi connectivity index (χ2n) is 11.8. The Balaban J connectivity index is 1.29. The van der Waals surface area contributed by atoms with Gasteiger partial charge in [-0.05, 0) is 73.0 Å². The number of nitrogens with one attached hydrogen (secondary N) is 3. The van der Waals surface area contributed by atoms with Crippen LogP contribution in [-0.4, -0.2) is 64.7 Å². The van der Waals surface area contributed by atoms with Gasteiger partial charge in [-0.15, -0.1) is 0 Å². The molecule has 0 radical (unpaired) electrons. The molecule has 45 heavy (non-hydrogen) atoms. The van der Waals surface area contributed by atoms with Gasteiger partial charge >= 0.3 is 0 Å². The van der Waals surface area contributed by atoms with Gasteiger partial charge in [-0.1, -0.05) is 60.7 Å². The maximum Gasteiger partial charge on any atom is 0.243 e. The minimum atomic E-state index is -0.973. The standard InChI is InChI=1S/C35H42N6O4/c36-18-7-5-16-29(34(44)40-30(33(37)43)20-25-22-38-28-15-4-3-14-27(25)28)39-35(45)31-17-6-8-19-41(31)32(42)21-24-12-9-11-23-10-1-2-13-26(23)24/h1-4,9-15,22,29-31,38H,5-8,16-21,36H2,(H2,37,43)(H,39,45)(H,40,44)/t29-,30-,31-/m0/s1. The Hall–Kier alpha value is -4.70. The van der Waals surface area contributed by atoms with Crippen molar-refractivity contribution in [1.29, 1.82) is 0 Å². The molecule has 236 valence electrons. The molecular weight excluding hydrogens is 568 g/mol. The van der Waals surface area contributed by atoms with Crippen LogP contribution >= 0.6 is 0 Å². The minimum Gasteiger partial charge on any atom is -0.368 e. The molecule has 4 aromatic rings. The normalized spacial score (nSPS) is 16.3. The first-order valence-corrected chi connectivity index (χ1v) is 15.8. The molecular formula is C35H42N6O4. The molecule has 1 aliphatic rings. The van der Waals surface area contributed by atoms with Crippen molar-refractivity contribution in [2.24, 2.45) is 11.5 Å². The second kappa shape index (κ2) is 14.9. The van der Waals surface area contributed by atoms with Crippen LogP contribution in [-0.2, 0) is 32.0 Å². The Morgan fingerprint density at radius 3 is 2.42 bits per heavy atom. The van der Waals surface area contributed by atoms with Crippen LogP contribution in [0.25, 0.3) is 21.7 Å². The Labute approximate surface area is 262 Å².